The van der Waals surface area contributed by atoms with Gasteiger partial charge in [0.15, 0.2) is 0 Å². The van der Waals surface area contributed by atoms with Crippen LogP contribution in [0.5, 0.6) is 0 Å². The summed E-state index contributed by atoms with van der Waals surface area (Å²) in [7, 11) is 1.95. The van der Waals surface area contributed by atoms with Crippen molar-refractivity contribution in [3.63, 3.8) is 0 Å². The molecule has 0 radical (unpaired) electrons. The van der Waals surface area contributed by atoms with E-state index in [0.717, 1.165) is 13.0 Å². The Hall–Kier alpha value is -0.0800. The van der Waals surface area contributed by atoms with Crippen LogP contribution in [0.4, 0.5) is 0 Å². The average Bonchev–Trinajstić information content (AvgIpc) is 1.84. The maximum atomic E-state index is 6.01. The highest BCUT2D eigenvalue weighted by atomic mass is 14.8. The number of nitrogens with one attached hydrogen (secondary N) is 1. The van der Waals surface area contributed by atoms with E-state index in [9.17, 15) is 0 Å². The molecule has 0 heterocycles. The number of nitrogens with two attached hydrogens (primary N) is 1. The van der Waals surface area contributed by atoms with Gasteiger partial charge in [0.2, 0.25) is 0 Å². The Morgan fingerprint density at radius 2 is 2.00 bits per heavy atom. The molecule has 10 heavy (non-hydrogen) atoms. The number of hydrogen-bond donors (Lipinski definition) is 2. The molecule has 0 fully saturated rings. The molecule has 0 saturated carbocycles. The summed E-state index contributed by atoms with van der Waals surface area (Å²) < 4.78 is 0. The van der Waals surface area contributed by atoms with Crippen LogP contribution in [0.3, 0.4) is 0 Å². The Kier molecular flexibility index (Phi) is 3.91. The van der Waals surface area contributed by atoms with Crippen molar-refractivity contribution in [1.82, 2.24) is 5.32 Å². The van der Waals surface area contributed by atoms with Gasteiger partial charge in [-0.2, -0.15) is 0 Å². The van der Waals surface area contributed by atoms with E-state index in [2.05, 4.69) is 26.1 Å². The minimum Gasteiger partial charge on any atom is -0.325 e. The van der Waals surface area contributed by atoms with E-state index in [1.165, 1.54) is 0 Å². The first-order valence-electron chi connectivity index (χ1n) is 3.94. The fourth-order valence-electron chi connectivity index (χ4n) is 0.683. The summed E-state index contributed by atoms with van der Waals surface area (Å²) in [5, 5.41) is 3.10. The SMILES string of the molecule is CNCCC(C)(N)C(C)C. The summed E-state index contributed by atoms with van der Waals surface area (Å²) in [6.45, 7) is 7.44. The highest BCUT2D eigenvalue weighted by molar-refractivity contribution is 4.82. The Morgan fingerprint density at radius 3 is 2.30 bits per heavy atom. The maximum absolute atomic E-state index is 6.01. The second-order valence-electron chi connectivity index (χ2n) is 3.51. The van der Waals surface area contributed by atoms with E-state index in [1.807, 2.05) is 7.05 Å². The van der Waals surface area contributed by atoms with Gasteiger partial charge >= 0.3 is 0 Å². The molecule has 0 saturated heterocycles. The first kappa shape index (κ1) is 9.92. The molecule has 0 aliphatic carbocycles. The molecular formula is C8H20N2. The van der Waals surface area contributed by atoms with Gasteiger partial charge in [-0.25, -0.2) is 0 Å². The number of rotatable bonds is 4. The van der Waals surface area contributed by atoms with Crippen LogP contribution in [-0.4, -0.2) is 19.1 Å². The van der Waals surface area contributed by atoms with Crippen molar-refractivity contribution in [2.24, 2.45) is 11.7 Å². The van der Waals surface area contributed by atoms with Crippen molar-refractivity contribution in [3.05, 3.63) is 0 Å². The van der Waals surface area contributed by atoms with E-state index in [4.69, 9.17) is 5.73 Å². The third-order valence-corrected chi connectivity index (χ3v) is 2.23. The maximum Gasteiger partial charge on any atom is 0.0161 e. The minimum atomic E-state index is -0.0109. The van der Waals surface area contributed by atoms with Gasteiger partial charge in [0.05, 0.1) is 0 Å². The van der Waals surface area contributed by atoms with E-state index >= 15 is 0 Å². The van der Waals surface area contributed by atoms with Gasteiger partial charge in [0.1, 0.15) is 0 Å². The molecule has 2 nitrogen and oxygen atoms in total. The van der Waals surface area contributed by atoms with Gasteiger partial charge in [-0.05, 0) is 32.9 Å². The lowest BCUT2D eigenvalue weighted by molar-refractivity contribution is 0.315. The summed E-state index contributed by atoms with van der Waals surface area (Å²) in [6.07, 6.45) is 1.04. The summed E-state index contributed by atoms with van der Waals surface area (Å²) in [5.41, 5.74) is 5.99. The lowest BCUT2D eigenvalue weighted by atomic mass is 9.86. The summed E-state index contributed by atoms with van der Waals surface area (Å²) in [5.74, 6) is 0.556. The average molecular weight is 144 g/mol. The zero-order valence-corrected chi connectivity index (χ0v) is 7.57. The van der Waals surface area contributed by atoms with Gasteiger partial charge in [-0.1, -0.05) is 13.8 Å². The topological polar surface area (TPSA) is 38.0 Å². The first-order valence-corrected chi connectivity index (χ1v) is 3.94. The standard InChI is InChI=1S/C8H20N2/c1-7(2)8(3,9)5-6-10-4/h7,10H,5-6,9H2,1-4H3. The van der Waals surface area contributed by atoms with Crippen LogP contribution >= 0.6 is 0 Å². The Bertz CT molecular complexity index is 87.3. The van der Waals surface area contributed by atoms with Crippen molar-refractivity contribution in [2.45, 2.75) is 32.7 Å². The molecule has 0 aromatic heterocycles. The molecule has 0 aliphatic rings. The molecule has 62 valence electrons. The molecular weight excluding hydrogens is 124 g/mol. The monoisotopic (exact) mass is 144 g/mol. The summed E-state index contributed by atoms with van der Waals surface area (Å²) in [6, 6.07) is 0. The van der Waals surface area contributed by atoms with Crippen molar-refractivity contribution in [1.29, 1.82) is 0 Å². The molecule has 0 rings (SSSR count). The highest BCUT2D eigenvalue weighted by Crippen LogP contribution is 2.15. The molecule has 3 N–H and O–H groups in total. The van der Waals surface area contributed by atoms with Crippen LogP contribution in [0.2, 0.25) is 0 Å². The Morgan fingerprint density at radius 1 is 1.50 bits per heavy atom. The van der Waals surface area contributed by atoms with Crippen LogP contribution in [-0.2, 0) is 0 Å². The van der Waals surface area contributed by atoms with E-state index < -0.39 is 0 Å². The fraction of sp³-hybridized carbons (Fsp3) is 1.00. The minimum absolute atomic E-state index is 0.0109. The van der Waals surface area contributed by atoms with E-state index in [-0.39, 0.29) is 5.54 Å². The molecule has 0 aliphatic heterocycles. The van der Waals surface area contributed by atoms with Gasteiger partial charge in [-0.3, -0.25) is 0 Å². The summed E-state index contributed by atoms with van der Waals surface area (Å²) in [4.78, 5) is 0. The van der Waals surface area contributed by atoms with Crippen molar-refractivity contribution in [2.75, 3.05) is 13.6 Å². The molecule has 0 spiro atoms. The molecule has 2 heteroatoms. The van der Waals surface area contributed by atoms with Gasteiger partial charge in [0.25, 0.3) is 0 Å². The quantitative estimate of drug-likeness (QED) is 0.617. The van der Waals surface area contributed by atoms with Crippen LogP contribution in [0.1, 0.15) is 27.2 Å². The third kappa shape index (κ3) is 3.18. The van der Waals surface area contributed by atoms with Crippen molar-refractivity contribution >= 4 is 0 Å². The molecule has 0 amide bonds. The zero-order valence-electron chi connectivity index (χ0n) is 7.57. The normalized spacial score (nSPS) is 17.4. The van der Waals surface area contributed by atoms with Crippen LogP contribution < -0.4 is 11.1 Å². The lowest BCUT2D eigenvalue weighted by Crippen LogP contribution is -2.43. The molecule has 0 aromatic carbocycles. The Labute approximate surface area is 64.2 Å². The molecule has 1 atom stereocenters. The van der Waals surface area contributed by atoms with Crippen LogP contribution in [0, 0.1) is 5.92 Å². The number of hydrogen-bond acceptors (Lipinski definition) is 2. The predicted octanol–water partition coefficient (Wildman–Crippen LogP) is 0.969. The lowest BCUT2D eigenvalue weighted by Gasteiger charge is -2.28. The largest absolute Gasteiger partial charge is 0.325 e. The fourth-order valence-corrected chi connectivity index (χ4v) is 0.683. The second-order valence-corrected chi connectivity index (χ2v) is 3.51. The third-order valence-electron chi connectivity index (χ3n) is 2.23. The summed E-state index contributed by atoms with van der Waals surface area (Å²) >= 11 is 0. The molecule has 0 aromatic rings. The Balaban J connectivity index is 3.63. The van der Waals surface area contributed by atoms with Gasteiger partial charge in [-0.15, -0.1) is 0 Å². The van der Waals surface area contributed by atoms with E-state index in [0.29, 0.717) is 5.92 Å². The van der Waals surface area contributed by atoms with Crippen LogP contribution in [0.25, 0.3) is 0 Å². The molecule has 1 unspecified atom stereocenters. The van der Waals surface area contributed by atoms with Gasteiger partial charge < -0.3 is 11.1 Å². The molecule has 0 bridgehead atoms. The van der Waals surface area contributed by atoms with Gasteiger partial charge in [0, 0.05) is 5.54 Å². The van der Waals surface area contributed by atoms with Crippen molar-refractivity contribution in [3.8, 4) is 0 Å². The van der Waals surface area contributed by atoms with E-state index in [1.54, 1.807) is 0 Å². The van der Waals surface area contributed by atoms with Crippen LogP contribution in [0.15, 0.2) is 0 Å². The second kappa shape index (κ2) is 3.94. The predicted molar refractivity (Wildman–Crippen MR) is 46.0 cm³/mol. The highest BCUT2D eigenvalue weighted by Gasteiger charge is 2.21. The first-order chi connectivity index (χ1) is 4.50. The smallest absolute Gasteiger partial charge is 0.0161 e. The van der Waals surface area contributed by atoms with Crippen molar-refractivity contribution < 1.29 is 0 Å². The zero-order chi connectivity index (χ0) is 8.20.